The Morgan fingerprint density at radius 2 is 2.00 bits per heavy atom. The van der Waals surface area contributed by atoms with Crippen LogP contribution in [0.5, 0.6) is 11.5 Å². The molecule has 0 aromatic heterocycles. The number of methoxy groups -OCH3 is 2. The SMILES string of the molecule is CCOC(=O)[C@@H]1CCC[NH+](CC(=O)Nc2ccc(OC)c(OC)c2)C1. The van der Waals surface area contributed by atoms with Crippen LogP contribution in [0.3, 0.4) is 0 Å². The van der Waals surface area contributed by atoms with Crippen LogP contribution < -0.4 is 19.7 Å². The number of piperidine rings is 1. The molecule has 1 aliphatic rings. The van der Waals surface area contributed by atoms with Crippen molar-refractivity contribution in [1.82, 2.24) is 0 Å². The van der Waals surface area contributed by atoms with Gasteiger partial charge in [0.25, 0.3) is 5.91 Å². The van der Waals surface area contributed by atoms with Crippen LogP contribution >= 0.6 is 0 Å². The Morgan fingerprint density at radius 1 is 1.24 bits per heavy atom. The fraction of sp³-hybridized carbons (Fsp3) is 0.556. The highest BCUT2D eigenvalue weighted by atomic mass is 16.5. The van der Waals surface area contributed by atoms with E-state index in [2.05, 4.69) is 5.32 Å². The lowest BCUT2D eigenvalue weighted by atomic mass is 9.98. The van der Waals surface area contributed by atoms with Crippen molar-refractivity contribution in [2.75, 3.05) is 45.8 Å². The van der Waals surface area contributed by atoms with Crippen LogP contribution in [0.15, 0.2) is 18.2 Å². The van der Waals surface area contributed by atoms with Crippen molar-refractivity contribution < 1.29 is 28.7 Å². The zero-order valence-electron chi connectivity index (χ0n) is 15.1. The molecule has 1 fully saturated rings. The maximum absolute atomic E-state index is 12.3. The van der Waals surface area contributed by atoms with Crippen LogP contribution in [-0.2, 0) is 14.3 Å². The first-order valence-electron chi connectivity index (χ1n) is 8.59. The van der Waals surface area contributed by atoms with E-state index in [0.29, 0.717) is 36.9 Å². The number of esters is 1. The number of likely N-dealkylation sites (tertiary alicyclic amines) is 1. The van der Waals surface area contributed by atoms with E-state index in [-0.39, 0.29) is 17.8 Å². The Kier molecular flexibility index (Phi) is 7.06. The Hall–Kier alpha value is -2.28. The number of carbonyl (C=O) groups is 2. The molecule has 1 heterocycles. The molecule has 1 unspecified atom stereocenters. The van der Waals surface area contributed by atoms with Gasteiger partial charge in [0, 0.05) is 11.8 Å². The molecule has 1 aromatic rings. The molecule has 0 radical (unpaired) electrons. The zero-order chi connectivity index (χ0) is 18.2. The second-order valence-electron chi connectivity index (χ2n) is 6.09. The summed E-state index contributed by atoms with van der Waals surface area (Å²) in [6.07, 6.45) is 1.75. The summed E-state index contributed by atoms with van der Waals surface area (Å²) in [5.74, 6) is 0.816. The number of hydrogen-bond donors (Lipinski definition) is 2. The van der Waals surface area contributed by atoms with Crippen molar-refractivity contribution in [2.45, 2.75) is 19.8 Å². The average molecular weight is 351 g/mol. The first kappa shape index (κ1) is 19.1. The minimum atomic E-state index is -0.153. The van der Waals surface area contributed by atoms with Crippen molar-refractivity contribution in [3.8, 4) is 11.5 Å². The molecule has 1 amide bonds. The van der Waals surface area contributed by atoms with Gasteiger partial charge in [-0.3, -0.25) is 9.59 Å². The summed E-state index contributed by atoms with van der Waals surface area (Å²) in [4.78, 5) is 25.3. The predicted molar refractivity (Wildman–Crippen MR) is 93.1 cm³/mol. The van der Waals surface area contributed by atoms with Crippen molar-refractivity contribution >= 4 is 17.6 Å². The first-order valence-corrected chi connectivity index (χ1v) is 8.59. The van der Waals surface area contributed by atoms with Crippen LogP contribution in [-0.4, -0.2) is 52.3 Å². The number of benzene rings is 1. The van der Waals surface area contributed by atoms with Crippen LogP contribution in [0.1, 0.15) is 19.8 Å². The maximum Gasteiger partial charge on any atom is 0.314 e. The number of nitrogens with one attached hydrogen (secondary N) is 2. The Morgan fingerprint density at radius 3 is 2.68 bits per heavy atom. The maximum atomic E-state index is 12.3. The van der Waals surface area contributed by atoms with Crippen LogP contribution in [0.2, 0.25) is 0 Å². The van der Waals surface area contributed by atoms with E-state index in [1.165, 1.54) is 0 Å². The smallest absolute Gasteiger partial charge is 0.314 e. The van der Waals surface area contributed by atoms with Gasteiger partial charge in [-0.05, 0) is 31.9 Å². The highest BCUT2D eigenvalue weighted by Gasteiger charge is 2.30. The quantitative estimate of drug-likeness (QED) is 0.700. The van der Waals surface area contributed by atoms with E-state index >= 15 is 0 Å². The summed E-state index contributed by atoms with van der Waals surface area (Å²) < 4.78 is 15.5. The van der Waals surface area contributed by atoms with Gasteiger partial charge in [-0.1, -0.05) is 0 Å². The lowest BCUT2D eigenvalue weighted by molar-refractivity contribution is -0.899. The Bertz CT molecular complexity index is 605. The molecule has 0 bridgehead atoms. The third kappa shape index (κ3) is 5.35. The van der Waals surface area contributed by atoms with Crippen molar-refractivity contribution in [3.63, 3.8) is 0 Å². The monoisotopic (exact) mass is 351 g/mol. The molecular formula is C18H27N2O5+. The highest BCUT2D eigenvalue weighted by molar-refractivity contribution is 5.91. The summed E-state index contributed by atoms with van der Waals surface area (Å²) in [6.45, 7) is 4.05. The summed E-state index contributed by atoms with van der Waals surface area (Å²) >= 11 is 0. The number of anilines is 1. The Balaban J connectivity index is 1.90. The van der Waals surface area contributed by atoms with Gasteiger partial charge >= 0.3 is 5.97 Å². The summed E-state index contributed by atoms with van der Waals surface area (Å²) in [5, 5.41) is 2.87. The Labute approximate surface area is 148 Å². The minimum Gasteiger partial charge on any atom is -0.493 e. The van der Waals surface area contributed by atoms with Gasteiger partial charge in [0.2, 0.25) is 0 Å². The van der Waals surface area contributed by atoms with Crippen molar-refractivity contribution in [1.29, 1.82) is 0 Å². The van der Waals surface area contributed by atoms with Gasteiger partial charge in [-0.25, -0.2) is 0 Å². The van der Waals surface area contributed by atoms with Gasteiger partial charge < -0.3 is 24.4 Å². The summed E-state index contributed by atoms with van der Waals surface area (Å²) in [7, 11) is 3.12. The topological polar surface area (TPSA) is 78.3 Å². The molecule has 7 heteroatoms. The molecule has 1 aliphatic heterocycles. The summed E-state index contributed by atoms with van der Waals surface area (Å²) in [6, 6.07) is 5.24. The van der Waals surface area contributed by atoms with E-state index in [0.717, 1.165) is 24.3 Å². The molecule has 1 aromatic carbocycles. The van der Waals surface area contributed by atoms with E-state index in [9.17, 15) is 9.59 Å². The van der Waals surface area contributed by atoms with Gasteiger partial charge in [-0.2, -0.15) is 0 Å². The molecule has 2 N–H and O–H groups in total. The average Bonchev–Trinajstić information content (AvgIpc) is 2.62. The minimum absolute atomic E-state index is 0.0910. The third-order valence-electron chi connectivity index (χ3n) is 4.32. The van der Waals surface area contributed by atoms with Gasteiger partial charge in [0.1, 0.15) is 5.92 Å². The largest absolute Gasteiger partial charge is 0.493 e. The molecule has 138 valence electrons. The molecule has 7 nitrogen and oxygen atoms in total. The highest BCUT2D eigenvalue weighted by Crippen LogP contribution is 2.29. The van der Waals surface area contributed by atoms with Gasteiger partial charge in [0.15, 0.2) is 18.0 Å². The number of hydrogen-bond acceptors (Lipinski definition) is 5. The van der Waals surface area contributed by atoms with Crippen LogP contribution in [0, 0.1) is 5.92 Å². The molecule has 0 spiro atoms. The van der Waals surface area contributed by atoms with E-state index in [4.69, 9.17) is 14.2 Å². The number of ether oxygens (including phenoxy) is 3. The first-order chi connectivity index (χ1) is 12.1. The predicted octanol–water partition coefficient (Wildman–Crippen LogP) is 0.500. The van der Waals surface area contributed by atoms with E-state index < -0.39 is 0 Å². The molecule has 0 saturated carbocycles. The molecule has 1 saturated heterocycles. The number of rotatable bonds is 7. The lowest BCUT2D eigenvalue weighted by Gasteiger charge is -2.28. The second-order valence-corrected chi connectivity index (χ2v) is 6.09. The van der Waals surface area contributed by atoms with Crippen molar-refractivity contribution in [3.05, 3.63) is 18.2 Å². The number of amides is 1. The molecular weight excluding hydrogens is 324 g/mol. The third-order valence-corrected chi connectivity index (χ3v) is 4.32. The molecule has 2 atom stereocenters. The zero-order valence-corrected chi connectivity index (χ0v) is 15.1. The fourth-order valence-corrected chi connectivity index (χ4v) is 3.12. The molecule has 0 aliphatic carbocycles. The lowest BCUT2D eigenvalue weighted by Crippen LogP contribution is -3.14. The van der Waals surface area contributed by atoms with Gasteiger partial charge in [0.05, 0.1) is 33.9 Å². The van der Waals surface area contributed by atoms with E-state index in [1.54, 1.807) is 32.4 Å². The van der Waals surface area contributed by atoms with Crippen LogP contribution in [0.4, 0.5) is 5.69 Å². The van der Waals surface area contributed by atoms with Gasteiger partial charge in [-0.15, -0.1) is 0 Å². The van der Waals surface area contributed by atoms with E-state index in [1.807, 2.05) is 6.92 Å². The normalized spacial score (nSPS) is 19.8. The fourth-order valence-electron chi connectivity index (χ4n) is 3.12. The summed E-state index contributed by atoms with van der Waals surface area (Å²) in [5.41, 5.74) is 0.654. The number of carbonyl (C=O) groups excluding carboxylic acids is 2. The van der Waals surface area contributed by atoms with Crippen LogP contribution in [0.25, 0.3) is 0 Å². The van der Waals surface area contributed by atoms with Crippen molar-refractivity contribution in [2.24, 2.45) is 5.92 Å². The second kappa shape index (κ2) is 9.27. The standard InChI is InChI=1S/C18H26N2O5/c1-4-25-18(22)13-6-5-9-20(11-13)12-17(21)19-14-7-8-15(23-2)16(10-14)24-3/h7-8,10,13H,4-6,9,11-12H2,1-3H3,(H,19,21)/p+1/t13-/m1/s1. The number of quaternary nitrogens is 1. The molecule has 2 rings (SSSR count). The molecule has 25 heavy (non-hydrogen) atoms.